The van der Waals surface area contributed by atoms with Gasteiger partial charge in [-0.2, -0.15) is 0 Å². The Balaban J connectivity index is 1.16. The highest BCUT2D eigenvalue weighted by molar-refractivity contribution is 7.20. The number of hydrogen-bond donors (Lipinski definition) is 0. The van der Waals surface area contributed by atoms with Gasteiger partial charge in [-0.3, -0.25) is 0 Å². The average Bonchev–Trinajstić information content (AvgIpc) is 3.90. The molecular weight excluding hydrogens is 601 g/mol. The lowest BCUT2D eigenvalue weighted by Gasteiger charge is -2.09. The van der Waals surface area contributed by atoms with Gasteiger partial charge in [0.2, 0.25) is 0 Å². The number of unbranched alkanes of at least 4 members (excludes halogenated alkanes) is 18. The third-order valence-electron chi connectivity index (χ3n) is 9.69. The number of fused-ring (bicyclic) bond motifs is 2. The predicted molar refractivity (Wildman–Crippen MR) is 204 cm³/mol. The summed E-state index contributed by atoms with van der Waals surface area (Å²) in [6.45, 7) is 4.58. The van der Waals surface area contributed by atoms with Crippen LogP contribution in [0.4, 0.5) is 0 Å². The predicted octanol–water partition coefficient (Wildman–Crippen LogP) is 15.6. The zero-order valence-corrected chi connectivity index (χ0v) is 30.4. The quantitative estimate of drug-likeness (QED) is 0.0617. The molecule has 0 fully saturated rings. The molecule has 0 saturated heterocycles. The van der Waals surface area contributed by atoms with Gasteiger partial charge in [-0.15, -0.1) is 22.7 Å². The Hall–Kier alpha value is -2.30. The summed E-state index contributed by atoms with van der Waals surface area (Å²) in [7, 11) is 0. The van der Waals surface area contributed by atoms with Crippen molar-refractivity contribution >= 4 is 42.8 Å². The molecule has 5 aromatic rings. The van der Waals surface area contributed by atoms with Gasteiger partial charge in [0.25, 0.3) is 0 Å². The Morgan fingerprint density at radius 3 is 1.13 bits per heavy atom. The van der Waals surface area contributed by atoms with Crippen LogP contribution < -0.4 is 0 Å². The lowest BCUT2D eigenvalue weighted by atomic mass is 9.99. The monoisotopic (exact) mass is 658 g/mol. The summed E-state index contributed by atoms with van der Waals surface area (Å²) in [4.78, 5) is 0. The van der Waals surface area contributed by atoms with Crippen LogP contribution in [0.15, 0.2) is 56.0 Å². The molecule has 1 aromatic carbocycles. The number of furan rings is 2. The van der Waals surface area contributed by atoms with E-state index in [2.05, 4.69) is 61.0 Å². The second-order valence-electron chi connectivity index (χ2n) is 13.5. The standard InChI is InChI=1S/C42H58O2S2/c1-3-5-7-9-11-13-15-17-19-21-23-33-25-27-37(43-33)39-35-29-31-46-42(35)40(36-30-32-45-41(36)39)38-28-26-34(44-38)24-22-20-18-16-14-12-10-8-6-4-2/h25-32H,3-24H2,1-2H3. The minimum absolute atomic E-state index is 1.01. The molecule has 0 aliphatic heterocycles. The molecule has 0 atom stereocenters. The van der Waals surface area contributed by atoms with E-state index >= 15 is 0 Å². The van der Waals surface area contributed by atoms with Gasteiger partial charge < -0.3 is 8.83 Å². The van der Waals surface area contributed by atoms with Crippen molar-refractivity contribution in [2.45, 2.75) is 155 Å². The number of aryl methyl sites for hydroxylation is 2. The SMILES string of the molecule is CCCCCCCCCCCCc1ccc(-c2c3ccsc3c(-c3ccc(CCCCCCCCCCCC)o3)c3ccsc23)o1. The molecule has 0 aliphatic rings. The van der Waals surface area contributed by atoms with Crippen LogP contribution in [0.25, 0.3) is 42.8 Å². The fourth-order valence-electron chi connectivity index (χ4n) is 7.00. The molecule has 0 radical (unpaired) electrons. The van der Waals surface area contributed by atoms with Crippen LogP contribution in [0.5, 0.6) is 0 Å². The van der Waals surface area contributed by atoms with E-state index in [0.717, 1.165) is 35.9 Å². The molecule has 46 heavy (non-hydrogen) atoms. The summed E-state index contributed by atoms with van der Waals surface area (Å²) in [5.41, 5.74) is 2.49. The third kappa shape index (κ3) is 9.86. The van der Waals surface area contributed by atoms with Crippen molar-refractivity contribution in [3.63, 3.8) is 0 Å². The van der Waals surface area contributed by atoms with Gasteiger partial charge in [-0.25, -0.2) is 0 Å². The van der Waals surface area contributed by atoms with E-state index in [4.69, 9.17) is 8.83 Å². The van der Waals surface area contributed by atoms with Crippen LogP contribution in [0.3, 0.4) is 0 Å². The number of hydrogen-bond acceptors (Lipinski definition) is 4. The van der Waals surface area contributed by atoms with Crippen molar-refractivity contribution < 1.29 is 8.83 Å². The molecule has 0 spiro atoms. The minimum atomic E-state index is 1.01. The maximum Gasteiger partial charge on any atom is 0.136 e. The molecule has 0 N–H and O–H groups in total. The molecule has 2 nitrogen and oxygen atoms in total. The molecule has 0 bridgehead atoms. The zero-order valence-electron chi connectivity index (χ0n) is 28.8. The summed E-state index contributed by atoms with van der Waals surface area (Å²) in [6.07, 6.45) is 29.3. The average molecular weight is 659 g/mol. The van der Waals surface area contributed by atoms with Crippen molar-refractivity contribution in [2.24, 2.45) is 0 Å². The van der Waals surface area contributed by atoms with Crippen LogP contribution in [0.2, 0.25) is 0 Å². The van der Waals surface area contributed by atoms with Crippen LogP contribution in [-0.2, 0) is 12.8 Å². The van der Waals surface area contributed by atoms with Crippen molar-refractivity contribution in [3.8, 4) is 22.6 Å². The summed E-state index contributed by atoms with van der Waals surface area (Å²) in [6, 6.07) is 13.4. The van der Waals surface area contributed by atoms with Gasteiger partial charge >= 0.3 is 0 Å². The van der Waals surface area contributed by atoms with Gasteiger partial charge in [-0.1, -0.05) is 129 Å². The third-order valence-corrected chi connectivity index (χ3v) is 11.6. The summed E-state index contributed by atoms with van der Waals surface area (Å²) >= 11 is 3.64. The first-order valence-electron chi connectivity index (χ1n) is 18.9. The largest absolute Gasteiger partial charge is 0.461 e. The Labute approximate surface area is 287 Å². The Morgan fingerprint density at radius 1 is 0.413 bits per heavy atom. The number of rotatable bonds is 24. The fourth-order valence-corrected chi connectivity index (χ4v) is 8.93. The van der Waals surface area contributed by atoms with Crippen LogP contribution in [0.1, 0.15) is 154 Å². The first kappa shape index (κ1) is 35.0. The lowest BCUT2D eigenvalue weighted by molar-refractivity contribution is 0.499. The summed E-state index contributed by atoms with van der Waals surface area (Å²) in [5, 5.41) is 7.01. The highest BCUT2D eigenvalue weighted by atomic mass is 32.1. The smallest absolute Gasteiger partial charge is 0.136 e. The zero-order chi connectivity index (χ0) is 31.8. The molecule has 4 heteroatoms. The number of thiophene rings is 2. The van der Waals surface area contributed by atoms with Gasteiger partial charge in [0.15, 0.2) is 0 Å². The van der Waals surface area contributed by atoms with E-state index in [1.165, 1.54) is 160 Å². The maximum absolute atomic E-state index is 6.55. The molecule has 5 rings (SSSR count). The normalized spacial score (nSPS) is 11.9. The second-order valence-corrected chi connectivity index (χ2v) is 15.3. The second kappa shape index (κ2) is 19.5. The van der Waals surface area contributed by atoms with Gasteiger partial charge in [0, 0.05) is 44.1 Å². The molecule has 0 unspecified atom stereocenters. The molecule has 0 saturated carbocycles. The van der Waals surface area contributed by atoms with Crippen molar-refractivity contribution in [2.75, 3.05) is 0 Å². The Kier molecular flexibility index (Phi) is 14.8. The van der Waals surface area contributed by atoms with Crippen molar-refractivity contribution in [1.82, 2.24) is 0 Å². The van der Waals surface area contributed by atoms with Crippen LogP contribution in [0, 0.1) is 0 Å². The molecule has 4 heterocycles. The van der Waals surface area contributed by atoms with Crippen LogP contribution >= 0.6 is 22.7 Å². The maximum atomic E-state index is 6.55. The summed E-state index contributed by atoms with van der Waals surface area (Å²) < 4.78 is 15.7. The topological polar surface area (TPSA) is 26.3 Å². The Morgan fingerprint density at radius 2 is 0.761 bits per heavy atom. The molecular formula is C42H58O2S2. The molecule has 0 aliphatic carbocycles. The highest BCUT2D eigenvalue weighted by Gasteiger charge is 2.22. The van der Waals surface area contributed by atoms with Crippen molar-refractivity contribution in [1.29, 1.82) is 0 Å². The van der Waals surface area contributed by atoms with Crippen molar-refractivity contribution in [3.05, 3.63) is 58.7 Å². The fraction of sp³-hybridized carbons (Fsp3) is 0.571. The first-order chi connectivity index (χ1) is 22.8. The first-order valence-corrected chi connectivity index (χ1v) is 20.6. The highest BCUT2D eigenvalue weighted by Crippen LogP contribution is 2.48. The molecule has 0 amide bonds. The van der Waals surface area contributed by atoms with E-state index < -0.39 is 0 Å². The molecule has 250 valence electrons. The van der Waals surface area contributed by atoms with E-state index in [9.17, 15) is 0 Å². The number of benzene rings is 1. The van der Waals surface area contributed by atoms with E-state index in [1.54, 1.807) is 0 Å². The molecule has 4 aromatic heterocycles. The minimum Gasteiger partial charge on any atom is -0.461 e. The van der Waals surface area contributed by atoms with E-state index in [1.807, 2.05) is 22.7 Å². The van der Waals surface area contributed by atoms with E-state index in [0.29, 0.717) is 0 Å². The van der Waals surface area contributed by atoms with Crippen LogP contribution in [-0.4, -0.2) is 0 Å². The Bertz CT molecular complexity index is 1380. The van der Waals surface area contributed by atoms with Gasteiger partial charge in [-0.05, 0) is 60.0 Å². The van der Waals surface area contributed by atoms with Gasteiger partial charge in [0.1, 0.15) is 23.0 Å². The van der Waals surface area contributed by atoms with Gasteiger partial charge in [0.05, 0.1) is 0 Å². The summed E-state index contributed by atoms with van der Waals surface area (Å²) in [5.74, 6) is 4.25. The van der Waals surface area contributed by atoms with E-state index in [-0.39, 0.29) is 0 Å². The lowest BCUT2D eigenvalue weighted by Crippen LogP contribution is -1.86.